The normalized spacial score (nSPS) is 15.5. The second-order valence-corrected chi connectivity index (χ2v) is 4.49. The lowest BCUT2D eigenvalue weighted by Gasteiger charge is -2.27. The summed E-state index contributed by atoms with van der Waals surface area (Å²) in [7, 11) is 0. The Balaban J connectivity index is 2.14. The van der Waals surface area contributed by atoms with Crippen LogP contribution in [0.2, 0.25) is 0 Å². The molecule has 102 valence electrons. The number of benzene rings is 1. The summed E-state index contributed by atoms with van der Waals surface area (Å²) in [6.07, 6.45) is 1.86. The number of rotatable bonds is 2. The first kappa shape index (κ1) is 12.2. The first-order valence-electron chi connectivity index (χ1n) is 6.02. The second-order valence-electron chi connectivity index (χ2n) is 4.49. The largest absolute Gasteiger partial charge is 0.478 e. The van der Waals surface area contributed by atoms with Gasteiger partial charge in [0.1, 0.15) is 0 Å². The van der Waals surface area contributed by atoms with Crippen molar-refractivity contribution in [2.45, 2.75) is 6.42 Å². The summed E-state index contributed by atoms with van der Waals surface area (Å²) in [5, 5.41) is 12.1. The Morgan fingerprint density at radius 3 is 2.80 bits per heavy atom. The highest BCUT2D eigenvalue weighted by Crippen LogP contribution is 2.29. The number of aromatic amines is 1. The number of hydrogen-bond donors (Lipinski definition) is 3. The van der Waals surface area contributed by atoms with Crippen LogP contribution in [0.1, 0.15) is 16.8 Å². The number of amides is 3. The van der Waals surface area contributed by atoms with E-state index in [0.717, 1.165) is 5.39 Å². The fourth-order valence-corrected chi connectivity index (χ4v) is 2.29. The lowest BCUT2D eigenvalue weighted by Crippen LogP contribution is -2.49. The summed E-state index contributed by atoms with van der Waals surface area (Å²) in [6.45, 7) is 0.230. The Morgan fingerprint density at radius 2 is 2.10 bits per heavy atom. The van der Waals surface area contributed by atoms with Crippen LogP contribution in [0, 0.1) is 0 Å². The van der Waals surface area contributed by atoms with Crippen molar-refractivity contribution >= 4 is 34.5 Å². The zero-order valence-corrected chi connectivity index (χ0v) is 10.3. The Kier molecular flexibility index (Phi) is 2.67. The molecule has 0 saturated carbocycles. The van der Waals surface area contributed by atoms with Crippen molar-refractivity contribution in [1.29, 1.82) is 0 Å². The van der Waals surface area contributed by atoms with E-state index < -0.39 is 12.0 Å². The van der Waals surface area contributed by atoms with Crippen LogP contribution in [0.3, 0.4) is 0 Å². The van der Waals surface area contributed by atoms with Crippen molar-refractivity contribution in [2.75, 3.05) is 11.4 Å². The molecule has 1 aromatic carbocycles. The quantitative estimate of drug-likeness (QED) is 0.767. The average molecular weight is 273 g/mol. The van der Waals surface area contributed by atoms with Gasteiger partial charge in [-0.1, -0.05) is 0 Å². The van der Waals surface area contributed by atoms with Crippen molar-refractivity contribution in [2.24, 2.45) is 0 Å². The molecule has 20 heavy (non-hydrogen) atoms. The van der Waals surface area contributed by atoms with Crippen LogP contribution >= 0.6 is 0 Å². The molecule has 1 fully saturated rings. The number of urea groups is 1. The number of fused-ring (bicyclic) bond motifs is 1. The van der Waals surface area contributed by atoms with Gasteiger partial charge < -0.3 is 10.1 Å². The minimum atomic E-state index is -1.07. The number of carboxylic acids is 1. The Labute approximate surface area is 113 Å². The Bertz CT molecular complexity index is 734. The second kappa shape index (κ2) is 4.37. The van der Waals surface area contributed by atoms with Crippen LogP contribution in [0.4, 0.5) is 10.5 Å². The number of carboxylic acid groups (broad SMARTS) is 1. The first-order chi connectivity index (χ1) is 9.56. The molecule has 1 aliphatic rings. The van der Waals surface area contributed by atoms with Gasteiger partial charge in [0, 0.05) is 30.1 Å². The van der Waals surface area contributed by atoms with E-state index in [0.29, 0.717) is 11.2 Å². The number of anilines is 1. The molecule has 3 amide bonds. The monoisotopic (exact) mass is 273 g/mol. The van der Waals surface area contributed by atoms with Gasteiger partial charge in [0.05, 0.1) is 11.3 Å². The summed E-state index contributed by atoms with van der Waals surface area (Å²) in [6, 6.07) is 4.17. The zero-order valence-electron chi connectivity index (χ0n) is 10.3. The highest BCUT2D eigenvalue weighted by atomic mass is 16.4. The summed E-state index contributed by atoms with van der Waals surface area (Å²) in [5.41, 5.74) is 1.19. The van der Waals surface area contributed by atoms with E-state index in [1.54, 1.807) is 12.3 Å². The molecule has 2 aromatic rings. The van der Waals surface area contributed by atoms with Gasteiger partial charge in [-0.25, -0.2) is 9.59 Å². The number of carbonyl (C=O) groups excluding carboxylic acids is 2. The summed E-state index contributed by atoms with van der Waals surface area (Å²) in [5.74, 6) is -1.40. The molecule has 7 nitrogen and oxygen atoms in total. The van der Waals surface area contributed by atoms with Gasteiger partial charge in [0.2, 0.25) is 5.91 Å². The van der Waals surface area contributed by atoms with Crippen molar-refractivity contribution in [3.8, 4) is 0 Å². The Morgan fingerprint density at radius 1 is 1.30 bits per heavy atom. The predicted octanol–water partition coefficient (Wildman–Crippen LogP) is 1.31. The molecule has 1 aliphatic heterocycles. The number of aromatic nitrogens is 1. The number of nitrogens with zero attached hydrogens (tertiary/aromatic N) is 1. The fraction of sp³-hybridized carbons (Fsp3) is 0.154. The topological polar surface area (TPSA) is 102 Å². The van der Waals surface area contributed by atoms with Gasteiger partial charge in [-0.05, 0) is 18.2 Å². The molecule has 0 aliphatic carbocycles. The number of carbonyl (C=O) groups is 3. The third kappa shape index (κ3) is 1.89. The van der Waals surface area contributed by atoms with Crippen molar-refractivity contribution in [3.05, 3.63) is 30.0 Å². The van der Waals surface area contributed by atoms with Crippen molar-refractivity contribution in [1.82, 2.24) is 10.3 Å². The number of H-pyrrole nitrogens is 1. The molecule has 0 unspecified atom stereocenters. The van der Waals surface area contributed by atoms with Gasteiger partial charge in [-0.3, -0.25) is 15.0 Å². The lowest BCUT2D eigenvalue weighted by molar-refractivity contribution is -0.120. The third-order valence-electron chi connectivity index (χ3n) is 3.24. The minimum absolute atomic E-state index is 0.0830. The van der Waals surface area contributed by atoms with Gasteiger partial charge in [0.25, 0.3) is 0 Å². The van der Waals surface area contributed by atoms with Crippen LogP contribution in [0.5, 0.6) is 0 Å². The van der Waals surface area contributed by atoms with Crippen LogP contribution < -0.4 is 10.2 Å². The molecule has 1 saturated heterocycles. The standard InChI is InChI=1S/C13H11N3O4/c17-11-2-4-16(13(20)15-11)10-6-7(12(18)19)5-9-8(10)1-3-14-9/h1,3,5-6,14H,2,4H2,(H,18,19)(H,15,17,20). The molecule has 1 aromatic heterocycles. The molecule has 3 N–H and O–H groups in total. The van der Waals surface area contributed by atoms with E-state index in [4.69, 9.17) is 5.11 Å². The van der Waals surface area contributed by atoms with Gasteiger partial charge >= 0.3 is 12.0 Å². The molecule has 7 heteroatoms. The molecule has 3 rings (SSSR count). The van der Waals surface area contributed by atoms with E-state index in [9.17, 15) is 14.4 Å². The predicted molar refractivity (Wildman–Crippen MR) is 70.8 cm³/mol. The van der Waals surface area contributed by atoms with Crippen LogP contribution in [-0.4, -0.2) is 34.5 Å². The van der Waals surface area contributed by atoms with Gasteiger partial charge in [-0.2, -0.15) is 0 Å². The maximum absolute atomic E-state index is 11.9. The molecule has 0 atom stereocenters. The number of hydrogen-bond acceptors (Lipinski definition) is 3. The van der Waals surface area contributed by atoms with E-state index in [-0.39, 0.29) is 24.4 Å². The van der Waals surface area contributed by atoms with Gasteiger partial charge in [-0.15, -0.1) is 0 Å². The molecule has 0 radical (unpaired) electrons. The van der Waals surface area contributed by atoms with Crippen LogP contribution in [0.25, 0.3) is 10.9 Å². The van der Waals surface area contributed by atoms with Crippen LogP contribution in [-0.2, 0) is 4.79 Å². The zero-order chi connectivity index (χ0) is 14.3. The molecular weight excluding hydrogens is 262 g/mol. The molecule has 0 spiro atoms. The highest BCUT2D eigenvalue weighted by molar-refractivity contribution is 6.11. The lowest BCUT2D eigenvalue weighted by atomic mass is 10.1. The van der Waals surface area contributed by atoms with Crippen LogP contribution in [0.15, 0.2) is 24.4 Å². The molecular formula is C13H11N3O4. The van der Waals surface area contributed by atoms with Crippen molar-refractivity contribution < 1.29 is 19.5 Å². The maximum Gasteiger partial charge on any atom is 0.335 e. The number of aromatic carboxylic acids is 1. The third-order valence-corrected chi connectivity index (χ3v) is 3.24. The van der Waals surface area contributed by atoms with E-state index in [2.05, 4.69) is 10.3 Å². The first-order valence-corrected chi connectivity index (χ1v) is 6.02. The van der Waals surface area contributed by atoms with Gasteiger partial charge in [0.15, 0.2) is 0 Å². The summed E-state index contributed by atoms with van der Waals surface area (Å²) >= 11 is 0. The maximum atomic E-state index is 11.9. The van der Waals surface area contributed by atoms with E-state index in [1.807, 2.05) is 0 Å². The van der Waals surface area contributed by atoms with Crippen molar-refractivity contribution in [3.63, 3.8) is 0 Å². The fourth-order valence-electron chi connectivity index (χ4n) is 2.29. The molecule has 2 heterocycles. The minimum Gasteiger partial charge on any atom is -0.478 e. The number of imide groups is 1. The SMILES string of the molecule is O=C1CCN(c2cc(C(=O)O)cc3[nH]ccc23)C(=O)N1. The smallest absolute Gasteiger partial charge is 0.335 e. The highest BCUT2D eigenvalue weighted by Gasteiger charge is 2.26. The number of nitrogens with one attached hydrogen (secondary N) is 2. The molecule has 0 bridgehead atoms. The summed E-state index contributed by atoms with van der Waals surface area (Å²) in [4.78, 5) is 38.5. The van der Waals surface area contributed by atoms with E-state index in [1.165, 1.54) is 17.0 Å². The average Bonchev–Trinajstić information content (AvgIpc) is 2.86. The Hall–Kier alpha value is -2.83. The van der Waals surface area contributed by atoms with E-state index >= 15 is 0 Å². The summed E-state index contributed by atoms with van der Waals surface area (Å²) < 4.78 is 0.